The van der Waals surface area contributed by atoms with E-state index >= 15 is 0 Å². The zero-order valence-electron chi connectivity index (χ0n) is 15.7. The Labute approximate surface area is 151 Å². The summed E-state index contributed by atoms with van der Waals surface area (Å²) in [6, 6.07) is 0. The Kier molecular flexibility index (Phi) is 5.55. The van der Waals surface area contributed by atoms with Crippen LogP contribution in [0, 0.1) is 35.5 Å². The number of hydrogen-bond donors (Lipinski definition) is 1. The number of aliphatic carboxylic acids is 1. The predicted molar refractivity (Wildman–Crippen MR) is 95.9 cm³/mol. The maximum atomic E-state index is 12.4. The lowest BCUT2D eigenvalue weighted by Gasteiger charge is -2.53. The first-order valence-electron chi connectivity index (χ1n) is 10.0. The smallest absolute Gasteiger partial charge is 0.331 e. The van der Waals surface area contributed by atoms with Gasteiger partial charge in [-0.1, -0.05) is 27.2 Å². The molecule has 2 unspecified atom stereocenters. The summed E-state index contributed by atoms with van der Waals surface area (Å²) in [7, 11) is 0. The summed E-state index contributed by atoms with van der Waals surface area (Å²) in [5, 5.41) is 9.46. The first-order chi connectivity index (χ1) is 11.9. The molecule has 4 bridgehead atoms. The highest BCUT2D eigenvalue weighted by molar-refractivity contribution is 5.95. The van der Waals surface area contributed by atoms with Crippen molar-refractivity contribution >= 4 is 11.9 Å². The number of carbonyl (C=O) groups excluding carboxylic acids is 1. The summed E-state index contributed by atoms with van der Waals surface area (Å²) in [6.07, 6.45) is 8.79. The molecule has 0 aromatic heterocycles. The zero-order valence-corrected chi connectivity index (χ0v) is 15.7. The third kappa shape index (κ3) is 4.09. The molecule has 4 saturated carbocycles. The number of ether oxygens (including phenoxy) is 1. The fourth-order valence-corrected chi connectivity index (χ4v) is 5.54. The molecule has 140 valence electrons. The van der Waals surface area contributed by atoms with Gasteiger partial charge in [0.1, 0.15) is 6.10 Å². The normalized spacial score (nSPS) is 36.1. The Balaban J connectivity index is 1.63. The van der Waals surface area contributed by atoms with Crippen molar-refractivity contribution in [2.24, 2.45) is 35.5 Å². The largest absolute Gasteiger partial charge is 0.478 e. The van der Waals surface area contributed by atoms with Gasteiger partial charge in [0.2, 0.25) is 0 Å². The van der Waals surface area contributed by atoms with Crippen LogP contribution < -0.4 is 0 Å². The van der Waals surface area contributed by atoms with Crippen molar-refractivity contribution in [1.29, 1.82) is 0 Å². The van der Waals surface area contributed by atoms with Crippen molar-refractivity contribution in [3.05, 3.63) is 11.6 Å². The first kappa shape index (κ1) is 18.5. The quantitative estimate of drug-likeness (QED) is 0.546. The average molecular weight is 348 g/mol. The van der Waals surface area contributed by atoms with Crippen LogP contribution in [-0.2, 0) is 14.3 Å². The molecule has 0 aromatic rings. The van der Waals surface area contributed by atoms with E-state index in [0.29, 0.717) is 24.2 Å². The van der Waals surface area contributed by atoms with E-state index in [9.17, 15) is 14.7 Å². The van der Waals surface area contributed by atoms with E-state index in [4.69, 9.17) is 4.74 Å². The van der Waals surface area contributed by atoms with E-state index in [2.05, 4.69) is 13.8 Å². The molecule has 25 heavy (non-hydrogen) atoms. The third-order valence-electron chi connectivity index (χ3n) is 7.12. The van der Waals surface area contributed by atoms with Crippen LogP contribution in [0.15, 0.2) is 11.6 Å². The standard InChI is InChI=1S/C21H32O4/c1-4-12(2)13(3)5-18(21(23)24)11-19(22)25-20-16-7-14-6-15(9-16)10-17(20)8-14/h11-17,20H,4-10H2,1-3H3,(H,23,24). The molecule has 0 amide bonds. The maximum absolute atomic E-state index is 12.4. The van der Waals surface area contributed by atoms with Crippen molar-refractivity contribution < 1.29 is 19.4 Å². The summed E-state index contributed by atoms with van der Waals surface area (Å²) < 4.78 is 5.80. The SMILES string of the molecule is CCC(C)C(C)CC(=CC(=O)OC1C2CC3CC(C2)CC1C3)C(=O)O. The van der Waals surface area contributed by atoms with Crippen LogP contribution in [0.1, 0.15) is 65.7 Å². The van der Waals surface area contributed by atoms with Gasteiger partial charge < -0.3 is 9.84 Å². The average Bonchev–Trinajstić information content (AvgIpc) is 2.55. The lowest BCUT2D eigenvalue weighted by Crippen LogP contribution is -2.49. The predicted octanol–water partition coefficient (Wildman–Crippen LogP) is 4.44. The van der Waals surface area contributed by atoms with Crippen molar-refractivity contribution in [2.45, 2.75) is 71.8 Å². The Morgan fingerprint density at radius 1 is 1.04 bits per heavy atom. The van der Waals surface area contributed by atoms with Gasteiger partial charge in [0.15, 0.2) is 0 Å². The molecule has 0 saturated heterocycles. The van der Waals surface area contributed by atoms with Gasteiger partial charge in [-0.3, -0.25) is 0 Å². The molecule has 4 rings (SSSR count). The van der Waals surface area contributed by atoms with Crippen LogP contribution >= 0.6 is 0 Å². The van der Waals surface area contributed by atoms with E-state index in [0.717, 1.165) is 18.3 Å². The minimum absolute atomic E-state index is 0.0126. The summed E-state index contributed by atoms with van der Waals surface area (Å²) >= 11 is 0. The van der Waals surface area contributed by atoms with Crippen LogP contribution in [0.25, 0.3) is 0 Å². The van der Waals surface area contributed by atoms with Crippen molar-refractivity contribution in [3.8, 4) is 0 Å². The van der Waals surface area contributed by atoms with Gasteiger partial charge in [-0.2, -0.15) is 0 Å². The van der Waals surface area contributed by atoms with Gasteiger partial charge >= 0.3 is 11.9 Å². The second-order valence-electron chi connectivity index (χ2n) is 8.87. The van der Waals surface area contributed by atoms with Gasteiger partial charge in [0.05, 0.1) is 0 Å². The molecule has 4 fully saturated rings. The number of carboxylic acids is 1. The molecule has 4 aliphatic rings. The Bertz CT molecular complexity index is 522. The van der Waals surface area contributed by atoms with Crippen molar-refractivity contribution in [3.63, 3.8) is 0 Å². The van der Waals surface area contributed by atoms with Gasteiger partial charge in [-0.05, 0) is 74.0 Å². The Hall–Kier alpha value is -1.32. The molecular formula is C21H32O4. The van der Waals surface area contributed by atoms with E-state index in [1.165, 1.54) is 38.2 Å². The highest BCUT2D eigenvalue weighted by Crippen LogP contribution is 2.54. The van der Waals surface area contributed by atoms with E-state index in [-0.39, 0.29) is 17.6 Å². The highest BCUT2D eigenvalue weighted by Gasteiger charge is 2.49. The van der Waals surface area contributed by atoms with Crippen LogP contribution in [0.2, 0.25) is 0 Å². The van der Waals surface area contributed by atoms with Gasteiger partial charge in [0, 0.05) is 11.6 Å². The lowest BCUT2D eigenvalue weighted by molar-refractivity contribution is -0.165. The van der Waals surface area contributed by atoms with Gasteiger partial charge in [0.25, 0.3) is 0 Å². The molecule has 0 spiro atoms. The van der Waals surface area contributed by atoms with Crippen molar-refractivity contribution in [2.75, 3.05) is 0 Å². The third-order valence-corrected chi connectivity index (χ3v) is 7.12. The molecule has 0 aliphatic heterocycles. The van der Waals surface area contributed by atoms with E-state index in [1.807, 2.05) is 6.92 Å². The Morgan fingerprint density at radius 3 is 2.08 bits per heavy atom. The molecule has 4 heteroatoms. The molecule has 1 N–H and O–H groups in total. The molecule has 0 heterocycles. The molecule has 2 atom stereocenters. The Morgan fingerprint density at radius 2 is 1.60 bits per heavy atom. The van der Waals surface area contributed by atoms with Gasteiger partial charge in [-0.25, -0.2) is 9.59 Å². The summed E-state index contributed by atoms with van der Waals surface area (Å²) in [5.74, 6) is 1.88. The fraction of sp³-hybridized carbons (Fsp3) is 0.810. The number of hydrogen-bond acceptors (Lipinski definition) is 3. The summed E-state index contributed by atoms with van der Waals surface area (Å²) in [6.45, 7) is 6.27. The first-order valence-corrected chi connectivity index (χ1v) is 10.0. The zero-order chi connectivity index (χ0) is 18.1. The summed E-state index contributed by atoms with van der Waals surface area (Å²) in [5.41, 5.74) is 0.182. The number of carboxylic acid groups (broad SMARTS) is 1. The number of carbonyl (C=O) groups is 2. The molecule has 4 aliphatic carbocycles. The van der Waals surface area contributed by atoms with Crippen LogP contribution in [0.3, 0.4) is 0 Å². The van der Waals surface area contributed by atoms with Crippen LogP contribution in [0.5, 0.6) is 0 Å². The molecule has 0 radical (unpaired) electrons. The second-order valence-corrected chi connectivity index (χ2v) is 8.87. The summed E-state index contributed by atoms with van der Waals surface area (Å²) in [4.78, 5) is 24.0. The van der Waals surface area contributed by atoms with Crippen LogP contribution in [0.4, 0.5) is 0 Å². The second kappa shape index (κ2) is 7.51. The van der Waals surface area contributed by atoms with Crippen molar-refractivity contribution in [1.82, 2.24) is 0 Å². The van der Waals surface area contributed by atoms with E-state index < -0.39 is 11.9 Å². The van der Waals surface area contributed by atoms with Gasteiger partial charge in [-0.15, -0.1) is 0 Å². The monoisotopic (exact) mass is 348 g/mol. The number of rotatable bonds is 7. The molecular weight excluding hydrogens is 316 g/mol. The fourth-order valence-electron chi connectivity index (χ4n) is 5.54. The lowest BCUT2D eigenvalue weighted by atomic mass is 9.55. The minimum atomic E-state index is -1.00. The number of esters is 1. The maximum Gasteiger partial charge on any atom is 0.331 e. The highest BCUT2D eigenvalue weighted by atomic mass is 16.5. The molecule has 4 nitrogen and oxygen atoms in total. The minimum Gasteiger partial charge on any atom is -0.478 e. The van der Waals surface area contributed by atoms with Crippen LogP contribution in [-0.4, -0.2) is 23.1 Å². The molecule has 0 aromatic carbocycles. The van der Waals surface area contributed by atoms with E-state index in [1.54, 1.807) is 0 Å². The topological polar surface area (TPSA) is 63.6 Å².